The Balaban J connectivity index is 1.97. The zero-order chi connectivity index (χ0) is 24.5. The number of carbonyl (C=O) groups excluding carboxylic acids is 1. The molecule has 1 atom stereocenters. The van der Waals surface area contributed by atoms with Crippen LogP contribution in [0.4, 0.5) is 0 Å². The van der Waals surface area contributed by atoms with Crippen LogP contribution in [0.2, 0.25) is 0 Å². The molecule has 0 unspecified atom stereocenters. The Hall–Kier alpha value is -2.94. The van der Waals surface area contributed by atoms with Gasteiger partial charge in [-0.15, -0.1) is 11.3 Å². The van der Waals surface area contributed by atoms with E-state index in [0.29, 0.717) is 24.2 Å². The minimum Gasteiger partial charge on any atom is -0.480 e. The maximum atomic E-state index is 13.2. The van der Waals surface area contributed by atoms with Crippen molar-refractivity contribution in [2.45, 2.75) is 25.8 Å². The summed E-state index contributed by atoms with van der Waals surface area (Å²) >= 11 is 3.04. The number of nitrogens with one attached hydrogen (secondary N) is 1. The molecular formula is C26H28N2O4S2. The highest BCUT2D eigenvalue weighted by Crippen LogP contribution is 2.29. The summed E-state index contributed by atoms with van der Waals surface area (Å²) in [6.45, 7) is 1.89. The number of amides is 1. The smallest absolute Gasteiger partial charge is 0.326 e. The van der Waals surface area contributed by atoms with Crippen molar-refractivity contribution in [1.82, 2.24) is 10.3 Å². The van der Waals surface area contributed by atoms with Gasteiger partial charge in [0.05, 0.1) is 12.1 Å². The number of thiazole rings is 1. The largest absolute Gasteiger partial charge is 0.480 e. The quantitative estimate of drug-likeness (QED) is 0.357. The van der Waals surface area contributed by atoms with Crippen LogP contribution in [0, 0.1) is 6.92 Å². The lowest BCUT2D eigenvalue weighted by Crippen LogP contribution is -2.41. The van der Waals surface area contributed by atoms with E-state index in [0.717, 1.165) is 32.7 Å². The zero-order valence-corrected chi connectivity index (χ0v) is 20.8. The highest BCUT2D eigenvalue weighted by Gasteiger charge is 2.22. The first kappa shape index (κ1) is 25.7. The van der Waals surface area contributed by atoms with Crippen molar-refractivity contribution < 1.29 is 19.8 Å². The van der Waals surface area contributed by atoms with Gasteiger partial charge in [-0.3, -0.25) is 9.78 Å². The molecule has 0 aliphatic heterocycles. The lowest BCUT2D eigenvalue weighted by Gasteiger charge is -2.18. The summed E-state index contributed by atoms with van der Waals surface area (Å²) in [6, 6.07) is 12.4. The van der Waals surface area contributed by atoms with Gasteiger partial charge in [0.15, 0.2) is 0 Å². The summed E-state index contributed by atoms with van der Waals surface area (Å²) in [4.78, 5) is 29.9. The standard InChI is InChI=1S/C26H28N2O4S2/c1-17-5-3-4-6-21(17)23-13-18(11-19(15-29)12-20-14-27-16-34-20)7-8-22(23)25(30)28-24(26(31)32)9-10-33-2/h3-8,12-14,16,24,29H,9-11,15H2,1-2H3,(H,28,30)(H,31,32)/t24-/m0/s1. The molecule has 0 bridgehead atoms. The van der Waals surface area contributed by atoms with E-state index in [1.54, 1.807) is 17.8 Å². The molecule has 1 heterocycles. The predicted octanol–water partition coefficient (Wildman–Crippen LogP) is 4.67. The maximum Gasteiger partial charge on any atom is 0.326 e. The van der Waals surface area contributed by atoms with Gasteiger partial charge in [-0.25, -0.2) is 4.79 Å². The van der Waals surface area contributed by atoms with E-state index in [2.05, 4.69) is 10.3 Å². The summed E-state index contributed by atoms with van der Waals surface area (Å²) in [5.74, 6) is -0.824. The van der Waals surface area contributed by atoms with Crippen molar-refractivity contribution in [1.29, 1.82) is 0 Å². The third-order valence-electron chi connectivity index (χ3n) is 5.41. The number of thioether (sulfide) groups is 1. The van der Waals surface area contributed by atoms with E-state index in [1.165, 1.54) is 23.1 Å². The van der Waals surface area contributed by atoms with Crippen molar-refractivity contribution in [3.8, 4) is 11.1 Å². The summed E-state index contributed by atoms with van der Waals surface area (Å²) in [5, 5.41) is 22.1. The molecule has 34 heavy (non-hydrogen) atoms. The second-order valence-electron chi connectivity index (χ2n) is 7.88. The van der Waals surface area contributed by atoms with Gasteiger partial charge in [-0.05, 0) is 71.7 Å². The zero-order valence-electron chi connectivity index (χ0n) is 19.2. The molecule has 3 N–H and O–H groups in total. The first-order chi connectivity index (χ1) is 16.4. The van der Waals surface area contributed by atoms with E-state index < -0.39 is 17.9 Å². The van der Waals surface area contributed by atoms with Gasteiger partial charge >= 0.3 is 5.97 Å². The number of aromatic nitrogens is 1. The van der Waals surface area contributed by atoms with Gasteiger partial charge in [0.25, 0.3) is 5.91 Å². The Bertz CT molecular complexity index is 1160. The summed E-state index contributed by atoms with van der Waals surface area (Å²) < 4.78 is 0. The molecule has 1 aromatic heterocycles. The SMILES string of the molecule is CSCC[C@H](NC(=O)c1ccc(CC(=Cc2cncs2)CO)cc1-c1ccccc1C)C(=O)O. The van der Waals surface area contributed by atoms with Gasteiger partial charge < -0.3 is 15.5 Å². The first-order valence-electron chi connectivity index (χ1n) is 10.8. The van der Waals surface area contributed by atoms with Crippen molar-refractivity contribution >= 4 is 41.1 Å². The third kappa shape index (κ3) is 6.79. The topological polar surface area (TPSA) is 99.5 Å². The second kappa shape index (κ2) is 12.5. The monoisotopic (exact) mass is 496 g/mol. The number of carboxylic acids is 1. The fourth-order valence-corrected chi connectivity index (χ4v) is 4.71. The fraction of sp³-hybridized carbons (Fsp3) is 0.269. The summed E-state index contributed by atoms with van der Waals surface area (Å²) in [7, 11) is 0. The molecule has 0 saturated carbocycles. The van der Waals surface area contributed by atoms with E-state index in [1.807, 2.05) is 55.7 Å². The molecule has 1 amide bonds. The Morgan fingerprint density at radius 2 is 2.00 bits per heavy atom. The molecule has 2 aromatic carbocycles. The van der Waals surface area contributed by atoms with Gasteiger partial charge in [0.1, 0.15) is 6.04 Å². The molecule has 178 valence electrons. The van der Waals surface area contributed by atoms with Gasteiger partial charge in [-0.1, -0.05) is 36.4 Å². The van der Waals surface area contributed by atoms with Crippen LogP contribution >= 0.6 is 23.1 Å². The average molecular weight is 497 g/mol. The first-order valence-corrected chi connectivity index (χ1v) is 13.1. The van der Waals surface area contributed by atoms with Crippen LogP contribution in [0.5, 0.6) is 0 Å². The maximum absolute atomic E-state index is 13.2. The van der Waals surface area contributed by atoms with Crippen LogP contribution in [0.3, 0.4) is 0 Å². The van der Waals surface area contributed by atoms with E-state index >= 15 is 0 Å². The number of hydrogen-bond donors (Lipinski definition) is 3. The van der Waals surface area contributed by atoms with Crippen molar-refractivity contribution in [2.24, 2.45) is 0 Å². The van der Waals surface area contributed by atoms with Crippen LogP contribution < -0.4 is 5.32 Å². The molecule has 0 aliphatic rings. The fourth-order valence-electron chi connectivity index (χ4n) is 3.64. The number of nitrogens with zero attached hydrogens (tertiary/aromatic N) is 1. The summed E-state index contributed by atoms with van der Waals surface area (Å²) in [5.41, 5.74) is 6.59. The van der Waals surface area contributed by atoms with Crippen molar-refractivity contribution in [2.75, 3.05) is 18.6 Å². The lowest BCUT2D eigenvalue weighted by atomic mass is 9.92. The highest BCUT2D eigenvalue weighted by atomic mass is 32.2. The minimum absolute atomic E-state index is 0.0877. The number of aliphatic carboxylic acids is 1. The lowest BCUT2D eigenvalue weighted by molar-refractivity contribution is -0.139. The second-order valence-corrected chi connectivity index (χ2v) is 9.79. The number of carbonyl (C=O) groups is 2. The number of benzene rings is 2. The minimum atomic E-state index is -1.04. The Morgan fingerprint density at radius 1 is 1.21 bits per heavy atom. The molecule has 3 aromatic rings. The number of hydrogen-bond acceptors (Lipinski definition) is 6. The Kier molecular flexibility index (Phi) is 9.44. The number of aliphatic hydroxyl groups is 1. The van der Waals surface area contributed by atoms with E-state index in [-0.39, 0.29) is 6.61 Å². The molecule has 6 nitrogen and oxygen atoms in total. The third-order valence-corrected chi connectivity index (χ3v) is 6.78. The van der Waals surface area contributed by atoms with Crippen molar-refractivity contribution in [3.05, 3.63) is 81.3 Å². The molecule has 0 fully saturated rings. The number of aryl methyl sites for hydroxylation is 1. The predicted molar refractivity (Wildman–Crippen MR) is 139 cm³/mol. The summed E-state index contributed by atoms with van der Waals surface area (Å²) in [6.07, 6.45) is 6.44. The van der Waals surface area contributed by atoms with E-state index in [9.17, 15) is 19.8 Å². The van der Waals surface area contributed by atoms with Crippen LogP contribution in [0.25, 0.3) is 17.2 Å². The van der Waals surface area contributed by atoms with Crippen LogP contribution in [0.1, 0.15) is 32.8 Å². The molecule has 3 rings (SSSR count). The normalized spacial score (nSPS) is 12.4. The molecule has 0 aliphatic carbocycles. The van der Waals surface area contributed by atoms with Crippen molar-refractivity contribution in [3.63, 3.8) is 0 Å². The van der Waals surface area contributed by atoms with Gasteiger partial charge in [0.2, 0.25) is 0 Å². The van der Waals surface area contributed by atoms with Crippen LogP contribution in [-0.2, 0) is 11.2 Å². The van der Waals surface area contributed by atoms with E-state index in [4.69, 9.17) is 0 Å². The van der Waals surface area contributed by atoms with Crippen LogP contribution in [-0.4, -0.2) is 51.7 Å². The van der Waals surface area contributed by atoms with Gasteiger partial charge in [-0.2, -0.15) is 11.8 Å². The van der Waals surface area contributed by atoms with Crippen LogP contribution in [0.15, 0.2) is 59.7 Å². The highest BCUT2D eigenvalue weighted by molar-refractivity contribution is 7.98. The molecule has 0 saturated heterocycles. The number of aliphatic hydroxyl groups excluding tert-OH is 1. The number of rotatable bonds is 11. The average Bonchev–Trinajstić information content (AvgIpc) is 3.34. The number of carboxylic acid groups (broad SMARTS) is 1. The molecule has 0 spiro atoms. The Labute approximate surface area is 207 Å². The Morgan fingerprint density at radius 3 is 2.65 bits per heavy atom. The molecule has 0 radical (unpaired) electrons. The van der Waals surface area contributed by atoms with Gasteiger partial charge in [0, 0.05) is 16.6 Å². The molecule has 8 heteroatoms. The molecular weight excluding hydrogens is 468 g/mol.